The molecule has 0 aliphatic carbocycles. The van der Waals surface area contributed by atoms with Crippen LogP contribution in [0.15, 0.2) is 71.3 Å². The molecule has 2 amide bonds. The van der Waals surface area contributed by atoms with Crippen LogP contribution in [0.5, 0.6) is 5.75 Å². The van der Waals surface area contributed by atoms with Gasteiger partial charge in [-0.2, -0.15) is 0 Å². The van der Waals surface area contributed by atoms with Gasteiger partial charge in [0.25, 0.3) is 5.91 Å². The number of amides is 2. The van der Waals surface area contributed by atoms with E-state index in [0.717, 1.165) is 19.4 Å². The van der Waals surface area contributed by atoms with E-state index < -0.39 is 0 Å². The third kappa shape index (κ3) is 6.60. The molecule has 0 bridgehead atoms. The van der Waals surface area contributed by atoms with E-state index in [1.54, 1.807) is 48.7 Å². The minimum atomic E-state index is -0.226. The maximum atomic E-state index is 12.5. The van der Waals surface area contributed by atoms with E-state index in [4.69, 9.17) is 13.9 Å². The Kier molecular flexibility index (Phi) is 7.60. The molecule has 172 valence electrons. The summed E-state index contributed by atoms with van der Waals surface area (Å²) in [5, 5.41) is 8.73. The number of hydrogen-bond acceptors (Lipinski definition) is 6. The lowest BCUT2D eigenvalue weighted by Gasteiger charge is -2.15. The number of benzene rings is 2. The van der Waals surface area contributed by atoms with Crippen LogP contribution in [0.3, 0.4) is 0 Å². The molecule has 1 atom stereocenters. The molecule has 1 aromatic heterocycles. The zero-order valence-corrected chi connectivity index (χ0v) is 18.2. The number of furan rings is 1. The Morgan fingerprint density at radius 1 is 1.06 bits per heavy atom. The number of para-hydroxylation sites is 2. The van der Waals surface area contributed by atoms with Crippen LogP contribution < -0.4 is 20.7 Å². The molecule has 3 N–H and O–H groups in total. The molecule has 0 radical (unpaired) electrons. The summed E-state index contributed by atoms with van der Waals surface area (Å²) in [5.74, 6) is 0.832. The van der Waals surface area contributed by atoms with Gasteiger partial charge >= 0.3 is 0 Å². The molecule has 2 heterocycles. The van der Waals surface area contributed by atoms with Crippen molar-refractivity contribution < 1.29 is 23.5 Å². The van der Waals surface area contributed by atoms with Crippen LogP contribution >= 0.6 is 0 Å². The van der Waals surface area contributed by atoms with Gasteiger partial charge in [-0.25, -0.2) is 0 Å². The zero-order valence-electron chi connectivity index (χ0n) is 18.2. The lowest BCUT2D eigenvalue weighted by Crippen LogP contribution is -2.24. The standard InChI is InChI=1S/C25H27N3O5/c29-24(28-22-10-1-2-11-23(22)33-17-21-9-5-13-32-21)16-26-19-7-3-6-18(14-19)25(30)27-15-20-8-4-12-31-20/h1-4,6-8,10-12,14,21,26H,5,9,13,15-17H2,(H,27,30)(H,28,29). The zero-order chi connectivity index (χ0) is 22.9. The lowest BCUT2D eigenvalue weighted by atomic mass is 10.2. The SMILES string of the molecule is O=C(CNc1cccc(C(=O)NCc2ccco2)c1)Nc1ccccc1OCC1CCCO1. The van der Waals surface area contributed by atoms with Crippen molar-refractivity contribution in [2.75, 3.05) is 30.4 Å². The molecule has 8 heteroatoms. The van der Waals surface area contributed by atoms with Crippen molar-refractivity contribution in [1.29, 1.82) is 0 Å². The Bertz CT molecular complexity index is 1060. The molecule has 1 fully saturated rings. The molecule has 1 aliphatic rings. The number of carbonyl (C=O) groups is 2. The minimum Gasteiger partial charge on any atom is -0.489 e. The Hall–Kier alpha value is -3.78. The summed E-state index contributed by atoms with van der Waals surface area (Å²) in [6.45, 7) is 1.57. The van der Waals surface area contributed by atoms with E-state index in [-0.39, 0.29) is 24.5 Å². The van der Waals surface area contributed by atoms with E-state index in [0.29, 0.717) is 41.6 Å². The summed E-state index contributed by atoms with van der Waals surface area (Å²) in [7, 11) is 0. The number of nitrogens with one attached hydrogen (secondary N) is 3. The van der Waals surface area contributed by atoms with Gasteiger partial charge in [0.05, 0.1) is 31.1 Å². The predicted octanol–water partition coefficient (Wildman–Crippen LogP) is 3.82. The summed E-state index contributed by atoms with van der Waals surface area (Å²) in [4.78, 5) is 24.9. The fourth-order valence-electron chi connectivity index (χ4n) is 3.48. The van der Waals surface area contributed by atoms with Crippen molar-refractivity contribution >= 4 is 23.2 Å². The fourth-order valence-corrected chi connectivity index (χ4v) is 3.48. The van der Waals surface area contributed by atoms with Crippen molar-refractivity contribution in [3.63, 3.8) is 0 Å². The van der Waals surface area contributed by atoms with Crippen LogP contribution in [-0.2, 0) is 16.1 Å². The minimum absolute atomic E-state index is 0.0392. The van der Waals surface area contributed by atoms with Gasteiger partial charge < -0.3 is 29.8 Å². The van der Waals surface area contributed by atoms with E-state index in [1.165, 1.54) is 0 Å². The van der Waals surface area contributed by atoms with Gasteiger partial charge in [0.1, 0.15) is 18.1 Å². The molecular weight excluding hydrogens is 422 g/mol. The molecule has 3 aromatic rings. The molecular formula is C25H27N3O5. The molecule has 1 saturated heterocycles. The van der Waals surface area contributed by atoms with Gasteiger partial charge in [-0.15, -0.1) is 0 Å². The lowest BCUT2D eigenvalue weighted by molar-refractivity contribution is -0.114. The Morgan fingerprint density at radius 2 is 1.97 bits per heavy atom. The first-order chi connectivity index (χ1) is 16.2. The van der Waals surface area contributed by atoms with Gasteiger partial charge in [-0.05, 0) is 55.3 Å². The first-order valence-corrected chi connectivity index (χ1v) is 11.0. The maximum Gasteiger partial charge on any atom is 0.251 e. The second-order valence-electron chi connectivity index (χ2n) is 7.69. The first kappa shape index (κ1) is 22.4. The third-order valence-corrected chi connectivity index (χ3v) is 5.19. The van der Waals surface area contributed by atoms with E-state index >= 15 is 0 Å². The summed E-state index contributed by atoms with van der Waals surface area (Å²) < 4.78 is 16.7. The quantitative estimate of drug-likeness (QED) is 0.435. The highest BCUT2D eigenvalue weighted by Gasteiger charge is 2.17. The normalized spacial score (nSPS) is 15.1. The number of carbonyl (C=O) groups excluding carboxylic acids is 2. The van der Waals surface area contributed by atoms with Crippen LogP contribution in [0, 0.1) is 0 Å². The molecule has 0 spiro atoms. The first-order valence-electron chi connectivity index (χ1n) is 11.0. The molecule has 0 saturated carbocycles. The van der Waals surface area contributed by atoms with Crippen molar-refractivity contribution in [2.45, 2.75) is 25.5 Å². The molecule has 2 aromatic carbocycles. The molecule has 1 unspecified atom stereocenters. The van der Waals surface area contributed by atoms with E-state index in [1.807, 2.05) is 18.2 Å². The predicted molar refractivity (Wildman–Crippen MR) is 124 cm³/mol. The average Bonchev–Trinajstić information content (AvgIpc) is 3.55. The van der Waals surface area contributed by atoms with Crippen LogP contribution in [0.1, 0.15) is 29.0 Å². The fraction of sp³-hybridized carbons (Fsp3) is 0.280. The Morgan fingerprint density at radius 3 is 2.79 bits per heavy atom. The Labute approximate surface area is 192 Å². The molecule has 4 rings (SSSR count). The second-order valence-corrected chi connectivity index (χ2v) is 7.69. The highest BCUT2D eigenvalue weighted by molar-refractivity contribution is 5.96. The second kappa shape index (κ2) is 11.2. The maximum absolute atomic E-state index is 12.5. The van der Waals surface area contributed by atoms with E-state index in [2.05, 4.69) is 16.0 Å². The van der Waals surface area contributed by atoms with Crippen molar-refractivity contribution in [2.24, 2.45) is 0 Å². The summed E-state index contributed by atoms with van der Waals surface area (Å²) >= 11 is 0. The monoisotopic (exact) mass is 449 g/mol. The summed E-state index contributed by atoms with van der Waals surface area (Å²) in [6.07, 6.45) is 3.69. The number of rotatable bonds is 10. The highest BCUT2D eigenvalue weighted by atomic mass is 16.5. The van der Waals surface area contributed by atoms with Gasteiger partial charge in [0.2, 0.25) is 5.91 Å². The molecule has 8 nitrogen and oxygen atoms in total. The number of hydrogen-bond donors (Lipinski definition) is 3. The van der Waals surface area contributed by atoms with Crippen molar-refractivity contribution in [3.8, 4) is 5.75 Å². The van der Waals surface area contributed by atoms with Gasteiger partial charge in [0, 0.05) is 17.9 Å². The van der Waals surface area contributed by atoms with Crippen LogP contribution in [-0.4, -0.2) is 37.7 Å². The molecule has 33 heavy (non-hydrogen) atoms. The Balaban J connectivity index is 1.27. The number of ether oxygens (including phenoxy) is 2. The van der Waals surface area contributed by atoms with Crippen molar-refractivity contribution in [1.82, 2.24) is 5.32 Å². The average molecular weight is 450 g/mol. The molecule has 1 aliphatic heterocycles. The van der Waals surface area contributed by atoms with Gasteiger partial charge in [-0.3, -0.25) is 9.59 Å². The third-order valence-electron chi connectivity index (χ3n) is 5.19. The van der Waals surface area contributed by atoms with Crippen molar-refractivity contribution in [3.05, 3.63) is 78.3 Å². The smallest absolute Gasteiger partial charge is 0.251 e. The largest absolute Gasteiger partial charge is 0.489 e. The van der Waals surface area contributed by atoms with E-state index in [9.17, 15) is 9.59 Å². The van der Waals surface area contributed by atoms with Gasteiger partial charge in [-0.1, -0.05) is 18.2 Å². The summed E-state index contributed by atoms with van der Waals surface area (Å²) in [6, 6.07) is 17.9. The topological polar surface area (TPSA) is 102 Å². The van der Waals surface area contributed by atoms with Crippen LogP contribution in [0.4, 0.5) is 11.4 Å². The van der Waals surface area contributed by atoms with Crippen LogP contribution in [0.25, 0.3) is 0 Å². The number of anilines is 2. The highest BCUT2D eigenvalue weighted by Crippen LogP contribution is 2.25. The van der Waals surface area contributed by atoms with Gasteiger partial charge in [0.15, 0.2) is 0 Å². The summed E-state index contributed by atoms with van der Waals surface area (Å²) in [5.41, 5.74) is 1.76. The van der Waals surface area contributed by atoms with Crippen LogP contribution in [0.2, 0.25) is 0 Å².